The molecule has 3 rings (SSSR count). The molecular weight excluding hydrogens is 479 g/mol. The van der Waals surface area contributed by atoms with Gasteiger partial charge in [-0.2, -0.15) is 0 Å². The van der Waals surface area contributed by atoms with E-state index in [9.17, 15) is 0 Å². The lowest BCUT2D eigenvalue weighted by molar-refractivity contribution is 0.122. The van der Waals surface area contributed by atoms with Crippen molar-refractivity contribution in [1.29, 1.82) is 0 Å². The normalized spacial score (nSPS) is 25.4. The van der Waals surface area contributed by atoms with E-state index in [1.807, 2.05) is 7.05 Å². The highest BCUT2D eigenvalue weighted by Gasteiger charge is 2.31. The Bertz CT molecular complexity index is 634. The van der Waals surface area contributed by atoms with Crippen LogP contribution in [0.15, 0.2) is 29.3 Å². The molecule has 0 spiro atoms. The van der Waals surface area contributed by atoms with E-state index in [-0.39, 0.29) is 24.0 Å². The Labute approximate surface area is 193 Å². The molecule has 0 bridgehead atoms. The number of ether oxygens (including phenoxy) is 2. The van der Waals surface area contributed by atoms with Crippen LogP contribution in [0.4, 0.5) is 0 Å². The van der Waals surface area contributed by atoms with Crippen LogP contribution < -0.4 is 10.1 Å². The van der Waals surface area contributed by atoms with Crippen molar-refractivity contribution in [3.63, 3.8) is 0 Å². The predicted molar refractivity (Wildman–Crippen MR) is 129 cm³/mol. The van der Waals surface area contributed by atoms with E-state index in [1.54, 1.807) is 7.11 Å². The van der Waals surface area contributed by atoms with Gasteiger partial charge in [-0.1, -0.05) is 12.1 Å². The summed E-state index contributed by atoms with van der Waals surface area (Å²) in [4.78, 5) is 9.24. The number of guanidine groups is 1. The molecule has 29 heavy (non-hydrogen) atoms. The highest BCUT2D eigenvalue weighted by atomic mass is 127. The Balaban J connectivity index is 0.00000300. The quantitative estimate of drug-likeness (QED) is 0.358. The van der Waals surface area contributed by atoms with Crippen molar-refractivity contribution in [3.05, 3.63) is 29.8 Å². The van der Waals surface area contributed by atoms with Crippen molar-refractivity contribution in [2.24, 2.45) is 16.8 Å². The predicted octanol–water partition coefficient (Wildman–Crippen LogP) is 3.24. The average Bonchev–Trinajstić information content (AvgIpc) is 3.22. The minimum absolute atomic E-state index is 0. The number of aliphatic imine (C=N–C) groups is 1. The molecule has 1 N–H and O–H groups in total. The molecule has 1 aromatic rings. The van der Waals surface area contributed by atoms with Crippen molar-refractivity contribution in [2.45, 2.75) is 25.3 Å². The number of halogens is 1. The smallest absolute Gasteiger partial charge is 0.193 e. The highest BCUT2D eigenvalue weighted by molar-refractivity contribution is 14.0. The van der Waals surface area contributed by atoms with Crippen LogP contribution >= 0.6 is 24.0 Å². The molecule has 2 heterocycles. The van der Waals surface area contributed by atoms with Crippen molar-refractivity contribution in [1.82, 2.24) is 15.1 Å². The lowest BCUT2D eigenvalue weighted by Crippen LogP contribution is -2.46. The summed E-state index contributed by atoms with van der Waals surface area (Å²) < 4.78 is 10.8. The Morgan fingerprint density at radius 2 is 2.07 bits per heavy atom. The van der Waals surface area contributed by atoms with Gasteiger partial charge in [-0.3, -0.25) is 9.89 Å². The molecular formula is C22H37IN4O2. The fourth-order valence-electron chi connectivity index (χ4n) is 4.61. The fraction of sp³-hybridized carbons (Fsp3) is 0.682. The minimum atomic E-state index is 0. The Hall–Kier alpha value is -1.06. The summed E-state index contributed by atoms with van der Waals surface area (Å²) in [5, 5.41) is 3.64. The van der Waals surface area contributed by atoms with Crippen molar-refractivity contribution >= 4 is 29.9 Å². The number of nitrogens with one attached hydrogen (secondary N) is 1. The third kappa shape index (κ3) is 6.46. The number of hydrogen-bond donors (Lipinski definition) is 1. The fourth-order valence-corrected chi connectivity index (χ4v) is 4.61. The molecule has 0 amide bonds. The molecule has 0 saturated carbocycles. The van der Waals surface area contributed by atoms with E-state index in [1.165, 1.54) is 18.4 Å². The molecule has 3 atom stereocenters. The number of rotatable bonds is 6. The maximum atomic E-state index is 5.52. The number of methoxy groups -OCH3 is 1. The summed E-state index contributed by atoms with van der Waals surface area (Å²) in [6, 6.07) is 8.97. The molecule has 7 heteroatoms. The van der Waals surface area contributed by atoms with Crippen LogP contribution in [0.25, 0.3) is 0 Å². The Kier molecular flexibility index (Phi) is 9.98. The van der Waals surface area contributed by atoms with Gasteiger partial charge in [0.25, 0.3) is 0 Å². The van der Waals surface area contributed by atoms with Gasteiger partial charge in [0.2, 0.25) is 0 Å². The molecule has 0 radical (unpaired) electrons. The SMILES string of the molecule is CN=C(NCC1CCCN(C)C1c1ccc(OC)cc1)N(C)CC1CCOC1.I. The first-order valence-electron chi connectivity index (χ1n) is 10.5. The van der Waals surface area contributed by atoms with E-state index < -0.39 is 0 Å². The van der Waals surface area contributed by atoms with Gasteiger partial charge in [-0.05, 0) is 56.5 Å². The minimum Gasteiger partial charge on any atom is -0.497 e. The summed E-state index contributed by atoms with van der Waals surface area (Å²) in [6.07, 6.45) is 3.61. The van der Waals surface area contributed by atoms with Crippen LogP contribution in [0.1, 0.15) is 30.9 Å². The largest absolute Gasteiger partial charge is 0.497 e. The lowest BCUT2D eigenvalue weighted by Gasteiger charge is -2.40. The van der Waals surface area contributed by atoms with Crippen LogP contribution in [-0.4, -0.2) is 76.9 Å². The van der Waals surface area contributed by atoms with E-state index in [0.29, 0.717) is 17.9 Å². The number of benzene rings is 1. The van der Waals surface area contributed by atoms with E-state index in [4.69, 9.17) is 9.47 Å². The maximum Gasteiger partial charge on any atom is 0.193 e. The van der Waals surface area contributed by atoms with Crippen LogP contribution in [0.2, 0.25) is 0 Å². The van der Waals surface area contributed by atoms with Crippen LogP contribution in [-0.2, 0) is 4.74 Å². The molecule has 2 aliphatic rings. The van der Waals surface area contributed by atoms with E-state index in [0.717, 1.165) is 51.0 Å². The summed E-state index contributed by atoms with van der Waals surface area (Å²) in [7, 11) is 7.95. The van der Waals surface area contributed by atoms with Gasteiger partial charge in [-0.15, -0.1) is 24.0 Å². The third-order valence-electron chi connectivity index (χ3n) is 6.12. The molecule has 6 nitrogen and oxygen atoms in total. The lowest BCUT2D eigenvalue weighted by atomic mass is 9.85. The Morgan fingerprint density at radius 3 is 2.69 bits per heavy atom. The monoisotopic (exact) mass is 516 g/mol. The van der Waals surface area contributed by atoms with Crippen molar-refractivity contribution in [2.75, 3.05) is 61.1 Å². The second-order valence-electron chi connectivity index (χ2n) is 8.14. The van der Waals surface area contributed by atoms with Crippen LogP contribution in [0.3, 0.4) is 0 Å². The first kappa shape index (κ1) is 24.2. The van der Waals surface area contributed by atoms with Crippen LogP contribution in [0, 0.1) is 11.8 Å². The van der Waals surface area contributed by atoms with Gasteiger partial charge in [0.05, 0.1) is 13.7 Å². The molecule has 0 aromatic heterocycles. The summed E-state index contributed by atoms with van der Waals surface area (Å²) >= 11 is 0. The third-order valence-corrected chi connectivity index (χ3v) is 6.12. The first-order valence-corrected chi connectivity index (χ1v) is 10.5. The van der Waals surface area contributed by atoms with E-state index >= 15 is 0 Å². The van der Waals surface area contributed by atoms with Crippen LogP contribution in [0.5, 0.6) is 5.75 Å². The molecule has 3 unspecified atom stereocenters. The van der Waals surface area contributed by atoms with Gasteiger partial charge in [0, 0.05) is 45.8 Å². The highest BCUT2D eigenvalue weighted by Crippen LogP contribution is 2.35. The summed E-state index contributed by atoms with van der Waals surface area (Å²) in [5.41, 5.74) is 1.36. The summed E-state index contributed by atoms with van der Waals surface area (Å²) in [5.74, 6) is 3.05. The maximum absolute atomic E-state index is 5.52. The van der Waals surface area contributed by atoms with Gasteiger partial charge < -0.3 is 19.7 Å². The average molecular weight is 516 g/mol. The molecule has 2 aliphatic heterocycles. The van der Waals surface area contributed by atoms with Gasteiger partial charge >= 0.3 is 0 Å². The second kappa shape index (κ2) is 12.0. The number of hydrogen-bond acceptors (Lipinski definition) is 4. The molecule has 2 saturated heterocycles. The van der Waals surface area contributed by atoms with E-state index in [2.05, 4.69) is 58.5 Å². The molecule has 0 aliphatic carbocycles. The number of likely N-dealkylation sites (tertiary alicyclic amines) is 1. The Morgan fingerprint density at radius 1 is 1.31 bits per heavy atom. The molecule has 1 aromatic carbocycles. The molecule has 2 fully saturated rings. The second-order valence-corrected chi connectivity index (χ2v) is 8.14. The number of nitrogens with zero attached hydrogens (tertiary/aromatic N) is 3. The zero-order valence-corrected chi connectivity index (χ0v) is 20.6. The van der Waals surface area contributed by atoms with Crippen molar-refractivity contribution < 1.29 is 9.47 Å². The van der Waals surface area contributed by atoms with Crippen molar-refractivity contribution in [3.8, 4) is 5.75 Å². The zero-order chi connectivity index (χ0) is 19.9. The van der Waals surface area contributed by atoms with Gasteiger partial charge in [-0.25, -0.2) is 0 Å². The van der Waals surface area contributed by atoms with Gasteiger partial charge in [0.15, 0.2) is 5.96 Å². The number of piperidine rings is 1. The standard InChI is InChI=1S/C22H36N4O2.HI/c1-23-22(26(3)15-17-11-13-28-16-17)24-14-19-6-5-12-25(2)21(19)18-7-9-20(27-4)10-8-18;/h7-10,17,19,21H,5-6,11-16H2,1-4H3,(H,23,24);1H. The zero-order valence-electron chi connectivity index (χ0n) is 18.3. The topological polar surface area (TPSA) is 49.3 Å². The molecule has 164 valence electrons. The van der Waals surface area contributed by atoms with Gasteiger partial charge in [0.1, 0.15) is 5.75 Å². The summed E-state index contributed by atoms with van der Waals surface area (Å²) in [6.45, 7) is 4.83. The first-order chi connectivity index (χ1) is 13.6.